The highest BCUT2D eigenvalue weighted by Gasteiger charge is 2.28. The Bertz CT molecular complexity index is 909. The highest BCUT2D eigenvalue weighted by Crippen LogP contribution is 2.24. The molecule has 0 spiro atoms. The molecule has 1 fully saturated rings. The van der Waals surface area contributed by atoms with Gasteiger partial charge in [-0.3, -0.25) is 18.7 Å². The summed E-state index contributed by atoms with van der Waals surface area (Å²) in [4.78, 5) is 38.2. The summed E-state index contributed by atoms with van der Waals surface area (Å²) in [5, 5.41) is 3.89. The van der Waals surface area contributed by atoms with Gasteiger partial charge in [-0.2, -0.15) is 0 Å². The van der Waals surface area contributed by atoms with Gasteiger partial charge in [0.15, 0.2) is 0 Å². The molecule has 1 aromatic heterocycles. The lowest BCUT2D eigenvalue weighted by molar-refractivity contribution is -0.135. The van der Waals surface area contributed by atoms with Crippen molar-refractivity contribution in [1.29, 1.82) is 0 Å². The van der Waals surface area contributed by atoms with Gasteiger partial charge in [-0.25, -0.2) is 4.79 Å². The van der Waals surface area contributed by atoms with Crippen molar-refractivity contribution in [2.75, 3.05) is 19.6 Å². The number of hydrogen-bond acceptors (Lipinski definition) is 4. The Balaban J connectivity index is 0.00000243. The van der Waals surface area contributed by atoms with E-state index in [1.54, 1.807) is 11.0 Å². The molecule has 1 aliphatic rings. The lowest BCUT2D eigenvalue weighted by Crippen LogP contribution is -2.50. The number of benzene rings is 1. The van der Waals surface area contributed by atoms with Crippen LogP contribution in [0.5, 0.6) is 0 Å². The Labute approximate surface area is 161 Å². The number of piperazine rings is 1. The zero-order chi connectivity index (χ0) is 18.0. The summed E-state index contributed by atoms with van der Waals surface area (Å²) in [6.07, 6.45) is 1.36. The summed E-state index contributed by atoms with van der Waals surface area (Å²) in [6.45, 7) is 1.74. The van der Waals surface area contributed by atoms with Crippen LogP contribution in [0.25, 0.3) is 0 Å². The molecule has 3 rings (SSSR count). The second-order valence-corrected chi connectivity index (χ2v) is 6.42. The molecule has 0 radical (unpaired) electrons. The average Bonchev–Trinajstić information content (AvgIpc) is 2.62. The van der Waals surface area contributed by atoms with E-state index in [-0.39, 0.29) is 30.9 Å². The summed E-state index contributed by atoms with van der Waals surface area (Å²) < 4.78 is 2.24. The fourth-order valence-electron chi connectivity index (χ4n) is 2.99. The maximum absolute atomic E-state index is 12.8. The summed E-state index contributed by atoms with van der Waals surface area (Å²) in [5.41, 5.74) is 0.0452. The molecule has 26 heavy (non-hydrogen) atoms. The third-order valence-corrected chi connectivity index (χ3v) is 4.60. The van der Waals surface area contributed by atoms with Crippen LogP contribution in [0, 0.1) is 0 Å². The molecular weight excluding hydrogens is 379 g/mol. The Hall–Kier alpha value is -2.09. The molecule has 1 atom stereocenters. The Morgan fingerprint density at radius 3 is 2.81 bits per heavy atom. The molecular formula is C17H20Cl2N4O3. The van der Waals surface area contributed by atoms with Crippen LogP contribution in [0.15, 0.2) is 46.1 Å². The Morgan fingerprint density at radius 1 is 1.31 bits per heavy atom. The molecule has 1 amide bonds. The minimum absolute atomic E-state index is 0. The van der Waals surface area contributed by atoms with Gasteiger partial charge in [0.05, 0.1) is 6.04 Å². The Morgan fingerprint density at radius 2 is 2.08 bits per heavy atom. The molecule has 9 heteroatoms. The first-order valence-corrected chi connectivity index (χ1v) is 8.37. The first-order chi connectivity index (χ1) is 12.0. The van der Waals surface area contributed by atoms with Crippen LogP contribution in [0.4, 0.5) is 0 Å². The van der Waals surface area contributed by atoms with Gasteiger partial charge in [-0.05, 0) is 17.7 Å². The Kier molecular flexibility index (Phi) is 6.63. The molecule has 0 aliphatic carbocycles. The van der Waals surface area contributed by atoms with Crippen LogP contribution in [-0.2, 0) is 18.4 Å². The number of aromatic nitrogens is 2. The molecule has 2 heterocycles. The van der Waals surface area contributed by atoms with Gasteiger partial charge in [0.1, 0.15) is 6.54 Å². The fourth-order valence-corrected chi connectivity index (χ4v) is 3.19. The molecule has 2 aromatic rings. The number of nitrogens with one attached hydrogen (secondary N) is 1. The van der Waals surface area contributed by atoms with E-state index in [0.29, 0.717) is 24.7 Å². The van der Waals surface area contributed by atoms with E-state index in [0.717, 1.165) is 10.1 Å². The number of carbonyl (C=O) groups is 1. The van der Waals surface area contributed by atoms with Crippen LogP contribution < -0.4 is 16.6 Å². The molecule has 0 saturated carbocycles. The van der Waals surface area contributed by atoms with Crippen molar-refractivity contribution >= 4 is 29.9 Å². The van der Waals surface area contributed by atoms with E-state index in [1.807, 2.05) is 18.2 Å². The van der Waals surface area contributed by atoms with Crippen LogP contribution >= 0.6 is 24.0 Å². The molecule has 1 aromatic carbocycles. The van der Waals surface area contributed by atoms with Crippen LogP contribution in [-0.4, -0.2) is 39.6 Å². The number of amides is 1. The lowest BCUT2D eigenvalue weighted by atomic mass is 10.0. The third-order valence-electron chi connectivity index (χ3n) is 4.36. The zero-order valence-corrected chi connectivity index (χ0v) is 15.8. The third kappa shape index (κ3) is 4.17. The summed E-state index contributed by atoms with van der Waals surface area (Å²) in [7, 11) is 1.39. The number of rotatable bonds is 3. The molecule has 7 nitrogen and oxygen atoms in total. The minimum atomic E-state index is -0.504. The first kappa shape index (κ1) is 20.2. The maximum atomic E-state index is 12.8. The van der Waals surface area contributed by atoms with Crippen molar-refractivity contribution < 1.29 is 4.79 Å². The predicted octanol–water partition coefficient (Wildman–Crippen LogP) is 0.795. The van der Waals surface area contributed by atoms with E-state index >= 15 is 0 Å². The minimum Gasteiger partial charge on any atom is -0.332 e. The highest BCUT2D eigenvalue weighted by atomic mass is 35.5. The molecule has 1 unspecified atom stereocenters. The SMILES string of the molecule is Cl.Cn1c(=O)ccn(CC(=O)N2CCNCC2c2cccc(Cl)c2)c1=O. The van der Waals surface area contributed by atoms with E-state index in [9.17, 15) is 14.4 Å². The topological polar surface area (TPSA) is 76.3 Å². The van der Waals surface area contributed by atoms with Crippen molar-refractivity contribution in [2.24, 2.45) is 7.05 Å². The summed E-state index contributed by atoms with van der Waals surface area (Å²) in [6, 6.07) is 8.55. The van der Waals surface area contributed by atoms with Gasteiger partial charge >= 0.3 is 5.69 Å². The fraction of sp³-hybridized carbons (Fsp3) is 0.353. The molecule has 0 bridgehead atoms. The van der Waals surface area contributed by atoms with Gasteiger partial charge < -0.3 is 10.2 Å². The maximum Gasteiger partial charge on any atom is 0.331 e. The van der Waals surface area contributed by atoms with Gasteiger partial charge in [-0.15, -0.1) is 12.4 Å². The monoisotopic (exact) mass is 398 g/mol. The lowest BCUT2D eigenvalue weighted by Gasteiger charge is -2.36. The number of halogens is 2. The summed E-state index contributed by atoms with van der Waals surface area (Å²) in [5.74, 6) is -0.174. The van der Waals surface area contributed by atoms with E-state index in [2.05, 4.69) is 5.32 Å². The van der Waals surface area contributed by atoms with Crippen molar-refractivity contribution in [3.63, 3.8) is 0 Å². The van der Waals surface area contributed by atoms with Gasteiger partial charge in [0, 0.05) is 44.0 Å². The van der Waals surface area contributed by atoms with E-state index in [4.69, 9.17) is 11.6 Å². The average molecular weight is 399 g/mol. The van der Waals surface area contributed by atoms with Crippen LogP contribution in [0.1, 0.15) is 11.6 Å². The standard InChI is InChI=1S/C17H19ClN4O3.ClH/c1-20-15(23)5-7-21(17(20)25)11-16(24)22-8-6-19-10-14(22)12-3-2-4-13(18)9-12;/h2-5,7,9,14,19H,6,8,10-11H2,1H3;1H. The van der Waals surface area contributed by atoms with E-state index < -0.39 is 11.2 Å². The largest absolute Gasteiger partial charge is 0.332 e. The first-order valence-electron chi connectivity index (χ1n) is 7.99. The van der Waals surface area contributed by atoms with Crippen molar-refractivity contribution in [3.8, 4) is 0 Å². The van der Waals surface area contributed by atoms with Crippen LogP contribution in [0.2, 0.25) is 5.02 Å². The predicted molar refractivity (Wildman–Crippen MR) is 102 cm³/mol. The second-order valence-electron chi connectivity index (χ2n) is 5.99. The highest BCUT2D eigenvalue weighted by molar-refractivity contribution is 6.30. The molecule has 1 aliphatic heterocycles. The van der Waals surface area contributed by atoms with Crippen molar-refractivity contribution in [2.45, 2.75) is 12.6 Å². The normalized spacial score (nSPS) is 16.8. The number of carbonyl (C=O) groups excluding carboxylic acids is 1. The van der Waals surface area contributed by atoms with Crippen molar-refractivity contribution in [1.82, 2.24) is 19.4 Å². The molecule has 140 valence electrons. The zero-order valence-electron chi connectivity index (χ0n) is 14.2. The van der Waals surface area contributed by atoms with Gasteiger partial charge in [0.2, 0.25) is 5.91 Å². The van der Waals surface area contributed by atoms with Crippen molar-refractivity contribution in [3.05, 3.63) is 68.0 Å². The quantitative estimate of drug-likeness (QED) is 0.829. The van der Waals surface area contributed by atoms with Gasteiger partial charge in [-0.1, -0.05) is 23.7 Å². The molecule has 1 saturated heterocycles. The smallest absolute Gasteiger partial charge is 0.331 e. The van der Waals surface area contributed by atoms with E-state index in [1.165, 1.54) is 23.9 Å². The molecule has 1 N–H and O–H groups in total. The summed E-state index contributed by atoms with van der Waals surface area (Å²) >= 11 is 6.07. The number of hydrogen-bond donors (Lipinski definition) is 1. The number of nitrogens with zero attached hydrogens (tertiary/aromatic N) is 3. The second kappa shape index (κ2) is 8.53. The van der Waals surface area contributed by atoms with Gasteiger partial charge in [0.25, 0.3) is 5.56 Å². The van der Waals surface area contributed by atoms with Crippen LogP contribution in [0.3, 0.4) is 0 Å².